The van der Waals surface area contributed by atoms with Gasteiger partial charge in [0.05, 0.1) is 12.5 Å². The Balaban J connectivity index is 5.32. The van der Waals surface area contributed by atoms with Gasteiger partial charge in [0.1, 0.15) is 0 Å². The van der Waals surface area contributed by atoms with Crippen LogP contribution in [0.4, 0.5) is 0 Å². The molecule has 0 spiro atoms. The Kier molecular flexibility index (Phi) is 5.90. The van der Waals surface area contributed by atoms with Gasteiger partial charge in [0.15, 0.2) is 0 Å². The molecule has 0 saturated carbocycles. The number of rotatable bonds is 7. The van der Waals surface area contributed by atoms with E-state index in [1.165, 1.54) is 7.11 Å². The molecule has 0 N–H and O–H groups in total. The lowest BCUT2D eigenvalue weighted by molar-refractivity contribution is -0.163. The van der Waals surface area contributed by atoms with Gasteiger partial charge in [-0.25, -0.2) is 0 Å². The molecular formula is C16H32O2. The van der Waals surface area contributed by atoms with E-state index >= 15 is 0 Å². The summed E-state index contributed by atoms with van der Waals surface area (Å²) in [5, 5.41) is 0. The normalized spacial score (nSPS) is 16.2. The number of methoxy groups -OCH3 is 1. The van der Waals surface area contributed by atoms with Gasteiger partial charge in [-0.2, -0.15) is 0 Å². The van der Waals surface area contributed by atoms with E-state index in [-0.39, 0.29) is 16.8 Å². The van der Waals surface area contributed by atoms with Crippen LogP contribution < -0.4 is 0 Å². The molecule has 2 nitrogen and oxygen atoms in total. The summed E-state index contributed by atoms with van der Waals surface area (Å²) in [7, 11) is 1.50. The Morgan fingerprint density at radius 2 is 1.56 bits per heavy atom. The van der Waals surface area contributed by atoms with Gasteiger partial charge in [0, 0.05) is 0 Å². The molecule has 0 aliphatic rings. The highest BCUT2D eigenvalue weighted by Crippen LogP contribution is 2.50. The van der Waals surface area contributed by atoms with Crippen molar-refractivity contribution in [1.82, 2.24) is 0 Å². The molecule has 0 heterocycles. The van der Waals surface area contributed by atoms with E-state index in [9.17, 15) is 4.79 Å². The Hall–Kier alpha value is -0.530. The summed E-state index contributed by atoms with van der Waals surface area (Å²) in [5.41, 5.74) is -0.301. The molecule has 18 heavy (non-hydrogen) atoms. The summed E-state index contributed by atoms with van der Waals surface area (Å²) in [4.78, 5) is 12.3. The Bertz CT molecular complexity index is 279. The lowest BCUT2D eigenvalue weighted by atomic mass is 9.58. The van der Waals surface area contributed by atoms with Crippen molar-refractivity contribution in [2.45, 2.75) is 74.1 Å². The van der Waals surface area contributed by atoms with Crippen LogP contribution in [-0.2, 0) is 9.53 Å². The van der Waals surface area contributed by atoms with Crippen LogP contribution in [0, 0.1) is 16.2 Å². The van der Waals surface area contributed by atoms with E-state index in [1.54, 1.807) is 0 Å². The first kappa shape index (κ1) is 17.5. The highest BCUT2D eigenvalue weighted by molar-refractivity contribution is 5.77. The molecule has 1 unspecified atom stereocenters. The number of carbonyl (C=O) groups excluding carboxylic acids is 1. The van der Waals surface area contributed by atoms with Crippen molar-refractivity contribution in [2.75, 3.05) is 7.11 Å². The highest BCUT2D eigenvalue weighted by atomic mass is 16.5. The third-order valence-electron chi connectivity index (χ3n) is 4.77. The van der Waals surface area contributed by atoms with E-state index in [4.69, 9.17) is 4.74 Å². The Morgan fingerprint density at radius 3 is 1.89 bits per heavy atom. The zero-order valence-corrected chi connectivity index (χ0v) is 13.6. The first-order valence-corrected chi connectivity index (χ1v) is 7.14. The van der Waals surface area contributed by atoms with Crippen LogP contribution in [0.15, 0.2) is 0 Å². The number of carbonyl (C=O) groups is 1. The van der Waals surface area contributed by atoms with E-state index in [1.807, 2.05) is 0 Å². The third kappa shape index (κ3) is 3.73. The minimum absolute atomic E-state index is 0.0505. The monoisotopic (exact) mass is 256 g/mol. The fourth-order valence-electron chi connectivity index (χ4n) is 2.93. The minimum atomic E-state index is -0.421. The SMILES string of the molecule is CCCC(C)(C)CC(C)(C(=O)OC)C(C)(C)CC. The van der Waals surface area contributed by atoms with Gasteiger partial charge >= 0.3 is 5.97 Å². The number of esters is 1. The number of ether oxygens (including phenoxy) is 1. The summed E-state index contributed by atoms with van der Waals surface area (Å²) in [6, 6.07) is 0. The van der Waals surface area contributed by atoms with Crippen LogP contribution >= 0.6 is 0 Å². The lowest BCUT2D eigenvalue weighted by Crippen LogP contribution is -2.45. The quantitative estimate of drug-likeness (QED) is 0.610. The van der Waals surface area contributed by atoms with Crippen molar-refractivity contribution in [1.29, 1.82) is 0 Å². The highest BCUT2D eigenvalue weighted by Gasteiger charge is 2.49. The molecule has 0 radical (unpaired) electrons. The van der Waals surface area contributed by atoms with Gasteiger partial charge in [-0.3, -0.25) is 4.79 Å². The molecule has 0 rings (SSSR count). The zero-order chi connectivity index (χ0) is 14.6. The van der Waals surface area contributed by atoms with Gasteiger partial charge in [-0.05, 0) is 37.0 Å². The maximum Gasteiger partial charge on any atom is 0.312 e. The molecule has 0 aliphatic carbocycles. The summed E-state index contributed by atoms with van der Waals surface area (Å²) < 4.78 is 5.09. The molecule has 0 fully saturated rings. The molecule has 108 valence electrons. The fourth-order valence-corrected chi connectivity index (χ4v) is 2.93. The number of hydrogen-bond donors (Lipinski definition) is 0. The smallest absolute Gasteiger partial charge is 0.312 e. The predicted octanol–water partition coefficient (Wildman–Crippen LogP) is 4.82. The molecule has 0 amide bonds. The van der Waals surface area contributed by atoms with E-state index in [0.29, 0.717) is 0 Å². The molecule has 0 saturated heterocycles. The molecular weight excluding hydrogens is 224 g/mol. The maximum absolute atomic E-state index is 12.3. The van der Waals surface area contributed by atoms with E-state index < -0.39 is 5.41 Å². The molecule has 2 heteroatoms. The molecule has 0 aromatic rings. The Morgan fingerprint density at radius 1 is 1.06 bits per heavy atom. The lowest BCUT2D eigenvalue weighted by Gasteiger charge is -2.45. The van der Waals surface area contributed by atoms with Crippen LogP contribution in [0.3, 0.4) is 0 Å². The zero-order valence-electron chi connectivity index (χ0n) is 13.6. The van der Waals surface area contributed by atoms with Gasteiger partial charge in [-0.15, -0.1) is 0 Å². The Labute approximate surface area is 113 Å². The maximum atomic E-state index is 12.3. The van der Waals surface area contributed by atoms with Gasteiger partial charge in [0.2, 0.25) is 0 Å². The standard InChI is InChI=1S/C16H32O2/c1-9-11-14(3,4)12-16(7,13(17)18-8)15(5,6)10-2/h9-12H2,1-8H3. The molecule has 0 aromatic carbocycles. The van der Waals surface area contributed by atoms with E-state index in [0.717, 1.165) is 25.7 Å². The summed E-state index contributed by atoms with van der Waals surface area (Å²) >= 11 is 0. The third-order valence-corrected chi connectivity index (χ3v) is 4.77. The van der Waals surface area contributed by atoms with Crippen molar-refractivity contribution in [3.05, 3.63) is 0 Å². The fraction of sp³-hybridized carbons (Fsp3) is 0.938. The van der Waals surface area contributed by atoms with Crippen molar-refractivity contribution in [3.8, 4) is 0 Å². The molecule has 0 aromatic heterocycles. The van der Waals surface area contributed by atoms with Gasteiger partial charge in [-0.1, -0.05) is 48.0 Å². The predicted molar refractivity (Wildman–Crippen MR) is 77.5 cm³/mol. The number of hydrogen-bond acceptors (Lipinski definition) is 2. The molecule has 0 bridgehead atoms. The molecule has 0 aliphatic heterocycles. The van der Waals surface area contributed by atoms with Crippen LogP contribution in [0.2, 0.25) is 0 Å². The van der Waals surface area contributed by atoms with Crippen LogP contribution in [-0.4, -0.2) is 13.1 Å². The van der Waals surface area contributed by atoms with Crippen molar-refractivity contribution < 1.29 is 9.53 Å². The van der Waals surface area contributed by atoms with Gasteiger partial charge < -0.3 is 4.74 Å². The van der Waals surface area contributed by atoms with E-state index in [2.05, 4.69) is 48.5 Å². The average Bonchev–Trinajstić information content (AvgIpc) is 2.26. The minimum Gasteiger partial charge on any atom is -0.469 e. The molecule has 1 atom stereocenters. The second-order valence-electron chi connectivity index (χ2n) is 7.15. The van der Waals surface area contributed by atoms with Crippen LogP contribution in [0.25, 0.3) is 0 Å². The van der Waals surface area contributed by atoms with Crippen molar-refractivity contribution >= 4 is 5.97 Å². The van der Waals surface area contributed by atoms with Crippen LogP contribution in [0.5, 0.6) is 0 Å². The topological polar surface area (TPSA) is 26.3 Å². The summed E-state index contributed by atoms with van der Waals surface area (Å²) in [5.74, 6) is -0.0708. The second-order valence-corrected chi connectivity index (χ2v) is 7.15. The van der Waals surface area contributed by atoms with Crippen molar-refractivity contribution in [3.63, 3.8) is 0 Å². The second kappa shape index (κ2) is 6.08. The van der Waals surface area contributed by atoms with Crippen LogP contribution in [0.1, 0.15) is 74.1 Å². The van der Waals surface area contributed by atoms with Gasteiger partial charge in [0.25, 0.3) is 0 Å². The summed E-state index contributed by atoms with van der Waals surface area (Å²) in [6.45, 7) is 15.3. The summed E-state index contributed by atoms with van der Waals surface area (Å²) in [6.07, 6.45) is 4.14. The first-order valence-electron chi connectivity index (χ1n) is 7.14. The average molecular weight is 256 g/mol. The first-order chi connectivity index (χ1) is 8.06. The largest absolute Gasteiger partial charge is 0.469 e. The van der Waals surface area contributed by atoms with Crippen molar-refractivity contribution in [2.24, 2.45) is 16.2 Å².